The lowest BCUT2D eigenvalue weighted by Crippen LogP contribution is -2.46. The van der Waals surface area contributed by atoms with Crippen LogP contribution in [0.4, 0.5) is 0 Å². The molecule has 0 aliphatic rings. The Labute approximate surface area is 143 Å². The first-order valence-corrected chi connectivity index (χ1v) is 10.8. The molecule has 23 heavy (non-hydrogen) atoms. The normalized spacial score (nSPS) is 12.0. The Bertz CT molecular complexity index is 385. The second-order valence-electron chi connectivity index (χ2n) is 5.44. The van der Waals surface area contributed by atoms with E-state index in [2.05, 4.69) is 42.2 Å². The zero-order valence-corrected chi connectivity index (χ0v) is 16.2. The van der Waals surface area contributed by atoms with Crippen LogP contribution in [0.3, 0.4) is 0 Å². The third-order valence-electron chi connectivity index (χ3n) is 3.75. The fraction of sp³-hybridized carbons (Fsp3) is 0.667. The lowest BCUT2D eigenvalue weighted by Gasteiger charge is -2.29. The van der Waals surface area contributed by atoms with Crippen LogP contribution in [-0.4, -0.2) is 46.6 Å². The fourth-order valence-corrected chi connectivity index (χ4v) is 5.30. The van der Waals surface area contributed by atoms with Gasteiger partial charge in [0.15, 0.2) is 0 Å². The molecule has 0 unspecified atom stereocenters. The van der Waals surface area contributed by atoms with E-state index in [1.807, 2.05) is 20.8 Å². The molecule has 0 bridgehead atoms. The van der Waals surface area contributed by atoms with E-state index in [0.29, 0.717) is 19.8 Å². The Morgan fingerprint density at radius 2 is 1.43 bits per heavy atom. The molecule has 0 aromatic heterocycles. The van der Waals surface area contributed by atoms with Gasteiger partial charge in [-0.2, -0.15) is 0 Å². The van der Waals surface area contributed by atoms with Crippen molar-refractivity contribution in [3.05, 3.63) is 35.9 Å². The van der Waals surface area contributed by atoms with Crippen LogP contribution in [0.2, 0.25) is 6.04 Å². The predicted octanol–water partition coefficient (Wildman–Crippen LogP) is 3.95. The summed E-state index contributed by atoms with van der Waals surface area (Å²) in [5.74, 6) is 0. The van der Waals surface area contributed by atoms with Crippen molar-refractivity contribution in [2.45, 2.75) is 46.7 Å². The van der Waals surface area contributed by atoms with Gasteiger partial charge in [-0.25, -0.2) is 0 Å². The van der Waals surface area contributed by atoms with Crippen LogP contribution in [-0.2, 0) is 19.8 Å². The maximum Gasteiger partial charge on any atom is 0.500 e. The van der Waals surface area contributed by atoms with E-state index >= 15 is 0 Å². The number of nitrogens with zero attached hydrogens (tertiary/aromatic N) is 1. The maximum absolute atomic E-state index is 5.92. The third kappa shape index (κ3) is 7.59. The summed E-state index contributed by atoms with van der Waals surface area (Å²) in [5.41, 5.74) is 1.36. The molecule has 0 aliphatic heterocycles. The Morgan fingerprint density at radius 3 is 1.91 bits per heavy atom. The van der Waals surface area contributed by atoms with Gasteiger partial charge in [-0.1, -0.05) is 37.3 Å². The standard InChI is InChI=1S/C18H33NO3Si/c1-5-19(17-18-13-10-9-11-14-18)15-12-16-23(20-6-2,21-7-3)22-8-4/h9-11,13-14H,5-8,12,15-17H2,1-4H3. The summed E-state index contributed by atoms with van der Waals surface area (Å²) in [6, 6.07) is 11.5. The van der Waals surface area contributed by atoms with Crippen molar-refractivity contribution < 1.29 is 13.3 Å². The number of hydrogen-bond donors (Lipinski definition) is 0. The first-order chi connectivity index (χ1) is 11.2. The highest BCUT2D eigenvalue weighted by Gasteiger charge is 2.39. The predicted molar refractivity (Wildman–Crippen MR) is 97.4 cm³/mol. The van der Waals surface area contributed by atoms with Gasteiger partial charge >= 0.3 is 8.80 Å². The first kappa shape index (κ1) is 20.3. The van der Waals surface area contributed by atoms with Crippen molar-refractivity contribution in [1.82, 2.24) is 4.90 Å². The van der Waals surface area contributed by atoms with Gasteiger partial charge in [-0.3, -0.25) is 4.90 Å². The van der Waals surface area contributed by atoms with E-state index < -0.39 is 8.80 Å². The molecule has 5 heteroatoms. The average Bonchev–Trinajstić information content (AvgIpc) is 2.55. The topological polar surface area (TPSA) is 30.9 Å². The van der Waals surface area contributed by atoms with Gasteiger partial charge in [0, 0.05) is 32.4 Å². The number of rotatable bonds is 13. The summed E-state index contributed by atoms with van der Waals surface area (Å²) in [5, 5.41) is 0. The van der Waals surface area contributed by atoms with Crippen LogP contribution in [0.5, 0.6) is 0 Å². The Morgan fingerprint density at radius 1 is 0.870 bits per heavy atom. The minimum atomic E-state index is -2.49. The monoisotopic (exact) mass is 339 g/mol. The van der Waals surface area contributed by atoms with Gasteiger partial charge < -0.3 is 13.3 Å². The van der Waals surface area contributed by atoms with Crippen LogP contribution in [0.1, 0.15) is 39.7 Å². The lowest BCUT2D eigenvalue weighted by molar-refractivity contribution is 0.0699. The van der Waals surface area contributed by atoms with Crippen LogP contribution < -0.4 is 0 Å². The molecule has 4 nitrogen and oxygen atoms in total. The van der Waals surface area contributed by atoms with Crippen LogP contribution in [0.25, 0.3) is 0 Å². The van der Waals surface area contributed by atoms with E-state index in [4.69, 9.17) is 13.3 Å². The van der Waals surface area contributed by atoms with Crippen LogP contribution in [0.15, 0.2) is 30.3 Å². The van der Waals surface area contributed by atoms with Gasteiger partial charge in [-0.15, -0.1) is 0 Å². The van der Waals surface area contributed by atoms with Crippen molar-refractivity contribution in [1.29, 1.82) is 0 Å². The van der Waals surface area contributed by atoms with Crippen LogP contribution >= 0.6 is 0 Å². The molecule has 0 radical (unpaired) electrons. The highest BCUT2D eigenvalue weighted by Crippen LogP contribution is 2.19. The summed E-state index contributed by atoms with van der Waals surface area (Å²) >= 11 is 0. The van der Waals surface area contributed by atoms with Gasteiger partial charge in [0.2, 0.25) is 0 Å². The Kier molecular flexibility index (Phi) is 10.4. The summed E-state index contributed by atoms with van der Waals surface area (Å²) in [7, 11) is -2.49. The van der Waals surface area contributed by atoms with E-state index in [1.54, 1.807) is 0 Å². The minimum absolute atomic E-state index is 0.647. The minimum Gasteiger partial charge on any atom is -0.374 e. The molecule has 0 aliphatic carbocycles. The molecule has 1 aromatic rings. The molecule has 0 heterocycles. The van der Waals surface area contributed by atoms with E-state index in [1.165, 1.54) is 5.56 Å². The molecule has 0 saturated heterocycles. The van der Waals surface area contributed by atoms with Gasteiger partial charge in [-0.05, 0) is 45.8 Å². The Hall–Kier alpha value is -0.723. The summed E-state index contributed by atoms with van der Waals surface area (Å²) < 4.78 is 17.8. The molecule has 1 aromatic carbocycles. The van der Waals surface area contributed by atoms with E-state index in [0.717, 1.165) is 32.1 Å². The summed E-state index contributed by atoms with van der Waals surface area (Å²) in [6.45, 7) is 13.2. The summed E-state index contributed by atoms with van der Waals surface area (Å²) in [6.07, 6.45) is 1.03. The molecule has 132 valence electrons. The zero-order valence-electron chi connectivity index (χ0n) is 15.2. The number of hydrogen-bond acceptors (Lipinski definition) is 4. The molecule has 0 spiro atoms. The third-order valence-corrected chi connectivity index (χ3v) is 6.90. The van der Waals surface area contributed by atoms with Gasteiger partial charge in [0.25, 0.3) is 0 Å². The van der Waals surface area contributed by atoms with Crippen molar-refractivity contribution in [2.75, 3.05) is 32.9 Å². The average molecular weight is 340 g/mol. The van der Waals surface area contributed by atoms with Crippen LogP contribution in [0, 0.1) is 0 Å². The molecule has 0 amide bonds. The van der Waals surface area contributed by atoms with Crippen molar-refractivity contribution >= 4 is 8.80 Å². The smallest absolute Gasteiger partial charge is 0.374 e. The molecular formula is C18H33NO3Si. The van der Waals surface area contributed by atoms with Crippen molar-refractivity contribution in [3.8, 4) is 0 Å². The zero-order chi connectivity index (χ0) is 17.0. The highest BCUT2D eigenvalue weighted by atomic mass is 28.4. The largest absolute Gasteiger partial charge is 0.500 e. The SMILES string of the molecule is CCO[Si](CCCN(CC)Cc1ccccc1)(OCC)OCC. The first-order valence-electron chi connectivity index (χ1n) is 8.87. The quantitative estimate of drug-likeness (QED) is 0.509. The van der Waals surface area contributed by atoms with Gasteiger partial charge in [0.1, 0.15) is 0 Å². The molecule has 0 N–H and O–H groups in total. The second-order valence-corrected chi connectivity index (χ2v) is 8.17. The Balaban J connectivity index is 2.51. The second kappa shape index (κ2) is 11.8. The highest BCUT2D eigenvalue weighted by molar-refractivity contribution is 6.60. The molecular weight excluding hydrogens is 306 g/mol. The van der Waals surface area contributed by atoms with Crippen molar-refractivity contribution in [3.63, 3.8) is 0 Å². The van der Waals surface area contributed by atoms with E-state index in [-0.39, 0.29) is 0 Å². The van der Waals surface area contributed by atoms with Crippen molar-refractivity contribution in [2.24, 2.45) is 0 Å². The van der Waals surface area contributed by atoms with E-state index in [9.17, 15) is 0 Å². The lowest BCUT2D eigenvalue weighted by atomic mass is 10.2. The summed E-state index contributed by atoms with van der Waals surface area (Å²) in [4.78, 5) is 2.46. The molecule has 1 rings (SSSR count). The molecule has 0 atom stereocenters. The molecule has 0 fully saturated rings. The fourth-order valence-electron chi connectivity index (χ4n) is 2.71. The number of benzene rings is 1. The maximum atomic E-state index is 5.92. The van der Waals surface area contributed by atoms with Gasteiger partial charge in [0.05, 0.1) is 0 Å². The molecule has 0 saturated carbocycles.